The first-order valence-electron chi connectivity index (χ1n) is 18.3. The minimum Gasteiger partial charge on any atom is -0.480 e. The third-order valence-electron chi connectivity index (χ3n) is 8.71. The van der Waals surface area contributed by atoms with Gasteiger partial charge in [-0.1, -0.05) is 89.9 Å². The zero-order chi connectivity index (χ0) is 41.9. The third-order valence-corrected chi connectivity index (χ3v) is 9.68. The fraction of sp³-hybridized carbons (Fsp3) is 0.611. The maximum atomic E-state index is 13.2. The molecule has 0 bridgehead atoms. The molecule has 0 spiro atoms. The number of nitrogens with one attached hydrogen (secondary N) is 4. The Bertz CT molecular complexity index is 1500. The molecule has 3 heterocycles. The summed E-state index contributed by atoms with van der Waals surface area (Å²) >= 11 is 5.91. The summed E-state index contributed by atoms with van der Waals surface area (Å²) in [7, 11) is 0. The maximum absolute atomic E-state index is 13.2. The lowest BCUT2D eigenvalue weighted by molar-refractivity contribution is -0.195. The summed E-state index contributed by atoms with van der Waals surface area (Å²) in [5, 5.41) is 31.3. The van der Waals surface area contributed by atoms with Crippen molar-refractivity contribution in [3.8, 4) is 0 Å². The molecule has 1 aromatic rings. The number of nitrogens with zero attached hydrogens (tertiary/aromatic N) is 3. The Hall–Kier alpha value is -4.30. The van der Waals surface area contributed by atoms with E-state index in [9.17, 15) is 43.5 Å². The van der Waals surface area contributed by atoms with Crippen molar-refractivity contribution in [2.45, 2.75) is 84.0 Å². The standard InChI is InChI=1S/C21H31BrN4O4.C9H16N2O3.C6H6BrNO4/c1-14(2)19(26-10-6-9-23-21(26)30)20(29)25-16(11-15-7-4-3-5-8-15)17(27)13-24-18(28)12-22;1-6(2)7(8(12)13)11-5-3-4-10-9(11)14;7-3-6(11)12-8-4(9)1-2-5(8)10/h3-5,7-8,14,16-17,19,27H,6,9-13H2,1-2H3,(H,23,30)(H,24,28)(H,25,29);6-7H,3-5H2,1-2H3,(H,10,14)(H,12,13);1-3H2/t16?,17?,19-;7-;/m00./s1. The van der Waals surface area contributed by atoms with Gasteiger partial charge in [-0.15, -0.1) is 5.06 Å². The number of rotatable bonds is 15. The minimum atomic E-state index is -0.986. The van der Waals surface area contributed by atoms with Gasteiger partial charge < -0.3 is 46.1 Å². The Morgan fingerprint density at radius 1 is 0.821 bits per heavy atom. The fourth-order valence-electron chi connectivity index (χ4n) is 6.02. The second-order valence-corrected chi connectivity index (χ2v) is 14.9. The van der Waals surface area contributed by atoms with Crippen LogP contribution in [0.3, 0.4) is 0 Å². The lowest BCUT2D eigenvalue weighted by Gasteiger charge is -2.37. The summed E-state index contributed by atoms with van der Waals surface area (Å²) < 4.78 is 0. The van der Waals surface area contributed by atoms with Crippen molar-refractivity contribution in [1.29, 1.82) is 0 Å². The van der Waals surface area contributed by atoms with Crippen LogP contribution < -0.4 is 21.3 Å². The van der Waals surface area contributed by atoms with E-state index in [4.69, 9.17) is 5.11 Å². The SMILES string of the molecule is CC(C)[C@@H](C(=O)NC(Cc1ccccc1)C(O)CNC(=O)CBr)N1CCCNC1=O.CC(C)[C@@H](C(=O)O)N1CCCNC1=O.O=C(CBr)ON1C(=O)CCC1=O. The van der Waals surface area contributed by atoms with Crippen LogP contribution in [0.15, 0.2) is 30.3 Å². The van der Waals surface area contributed by atoms with Gasteiger partial charge in [0.15, 0.2) is 0 Å². The lowest BCUT2D eigenvalue weighted by Crippen LogP contribution is -2.60. The minimum absolute atomic E-state index is 0.0127. The van der Waals surface area contributed by atoms with Gasteiger partial charge in [0.2, 0.25) is 11.8 Å². The van der Waals surface area contributed by atoms with Crippen LogP contribution in [0, 0.1) is 11.8 Å². The molecule has 6 N–H and O–H groups in total. The maximum Gasteiger partial charge on any atom is 0.343 e. The van der Waals surface area contributed by atoms with Gasteiger partial charge in [0, 0.05) is 45.6 Å². The molecule has 0 aliphatic carbocycles. The highest BCUT2D eigenvalue weighted by Gasteiger charge is 2.36. The van der Waals surface area contributed by atoms with Crippen LogP contribution in [0.5, 0.6) is 0 Å². The molecule has 0 aromatic heterocycles. The third kappa shape index (κ3) is 15.3. The van der Waals surface area contributed by atoms with E-state index in [1.165, 1.54) is 4.90 Å². The summed E-state index contributed by atoms with van der Waals surface area (Å²) in [6.07, 6.45) is 1.23. The predicted octanol–water partition coefficient (Wildman–Crippen LogP) is 1.53. The first-order chi connectivity index (χ1) is 26.5. The molecule has 56 heavy (non-hydrogen) atoms. The molecule has 3 fully saturated rings. The van der Waals surface area contributed by atoms with Crippen molar-refractivity contribution in [3.05, 3.63) is 35.9 Å². The summed E-state index contributed by atoms with van der Waals surface area (Å²) in [6, 6.07) is 7.02. The number of aliphatic hydroxyl groups excluding tert-OH is 1. The average molecular weight is 920 g/mol. The van der Waals surface area contributed by atoms with Crippen molar-refractivity contribution in [1.82, 2.24) is 36.1 Å². The molecule has 4 atom stereocenters. The summed E-state index contributed by atoms with van der Waals surface area (Å²) in [6.45, 7) is 9.69. The van der Waals surface area contributed by atoms with E-state index in [0.717, 1.165) is 18.4 Å². The number of alkyl halides is 2. The number of urea groups is 2. The van der Waals surface area contributed by atoms with Crippen molar-refractivity contribution >= 4 is 79.5 Å². The second kappa shape index (κ2) is 24.4. The number of carboxylic acid groups (broad SMARTS) is 1. The number of hydrogen-bond donors (Lipinski definition) is 6. The number of amides is 8. The average Bonchev–Trinajstić information content (AvgIpc) is 3.47. The van der Waals surface area contributed by atoms with Crippen molar-refractivity contribution in [2.75, 3.05) is 43.4 Å². The normalized spacial score (nSPS) is 17.6. The molecule has 312 valence electrons. The number of carboxylic acids is 1. The van der Waals surface area contributed by atoms with Crippen molar-refractivity contribution in [2.24, 2.45) is 11.8 Å². The molecule has 3 aliphatic rings. The molecule has 8 amide bonds. The van der Waals surface area contributed by atoms with E-state index in [2.05, 4.69) is 58.0 Å². The van der Waals surface area contributed by atoms with Crippen molar-refractivity contribution < 1.29 is 53.4 Å². The first kappa shape index (κ1) is 47.9. The molecule has 0 saturated carbocycles. The molecule has 20 heteroatoms. The fourth-order valence-corrected chi connectivity index (χ4v) is 6.32. The molecular weight excluding hydrogens is 866 g/mol. The predicted molar refractivity (Wildman–Crippen MR) is 210 cm³/mol. The molecule has 2 unspecified atom stereocenters. The van der Waals surface area contributed by atoms with E-state index in [-0.39, 0.29) is 65.8 Å². The molecular formula is C36H53Br2N7O11. The van der Waals surface area contributed by atoms with Gasteiger partial charge in [-0.3, -0.25) is 19.2 Å². The van der Waals surface area contributed by atoms with E-state index in [1.807, 2.05) is 44.2 Å². The zero-order valence-electron chi connectivity index (χ0n) is 32.0. The number of hydroxylamine groups is 2. The van der Waals surface area contributed by atoms with Crippen LogP contribution in [0.2, 0.25) is 0 Å². The van der Waals surface area contributed by atoms with Crippen LogP contribution in [0.4, 0.5) is 9.59 Å². The van der Waals surface area contributed by atoms with Crippen LogP contribution in [0.25, 0.3) is 0 Å². The Morgan fingerprint density at radius 2 is 1.34 bits per heavy atom. The van der Waals surface area contributed by atoms with Crippen LogP contribution in [-0.4, -0.2) is 140 Å². The molecule has 3 saturated heterocycles. The van der Waals surface area contributed by atoms with Gasteiger partial charge in [-0.25, -0.2) is 19.2 Å². The van der Waals surface area contributed by atoms with Gasteiger partial charge in [-0.2, -0.15) is 0 Å². The molecule has 4 rings (SSSR count). The topological polar surface area (TPSA) is 244 Å². The number of benzene rings is 1. The number of aliphatic hydroxyl groups is 1. The van der Waals surface area contributed by atoms with E-state index >= 15 is 0 Å². The Balaban J connectivity index is 0.000000342. The van der Waals surface area contributed by atoms with Crippen molar-refractivity contribution in [3.63, 3.8) is 0 Å². The van der Waals surface area contributed by atoms with E-state index < -0.39 is 48.0 Å². The molecule has 1 aromatic carbocycles. The number of hydrogen-bond acceptors (Lipinski definition) is 10. The van der Waals surface area contributed by atoms with E-state index in [0.29, 0.717) is 37.7 Å². The Labute approximate surface area is 343 Å². The monoisotopic (exact) mass is 917 g/mol. The van der Waals surface area contributed by atoms with Crippen LogP contribution in [0.1, 0.15) is 58.9 Å². The number of aliphatic carboxylic acids is 1. The van der Waals surface area contributed by atoms with Gasteiger partial charge in [-0.05, 0) is 36.7 Å². The zero-order valence-corrected chi connectivity index (χ0v) is 35.2. The molecule has 3 aliphatic heterocycles. The second-order valence-electron chi connectivity index (χ2n) is 13.8. The van der Waals surface area contributed by atoms with E-state index in [1.54, 1.807) is 18.7 Å². The molecule has 18 nitrogen and oxygen atoms in total. The number of halogens is 2. The summed E-state index contributed by atoms with van der Waals surface area (Å²) in [4.78, 5) is 99.1. The Kier molecular flexibility index (Phi) is 20.8. The largest absolute Gasteiger partial charge is 0.480 e. The molecule has 0 radical (unpaired) electrons. The Morgan fingerprint density at radius 3 is 1.79 bits per heavy atom. The number of carbonyl (C=O) groups is 8. The first-order valence-corrected chi connectivity index (χ1v) is 20.6. The number of imide groups is 1. The highest BCUT2D eigenvalue weighted by atomic mass is 79.9. The highest BCUT2D eigenvalue weighted by molar-refractivity contribution is 9.09. The quantitative estimate of drug-likeness (QED) is 0.109. The summed E-state index contributed by atoms with van der Waals surface area (Å²) in [5.41, 5.74) is 0.950. The lowest BCUT2D eigenvalue weighted by atomic mass is 9.97. The van der Waals surface area contributed by atoms with Crippen LogP contribution >= 0.6 is 31.9 Å². The van der Waals surface area contributed by atoms with Gasteiger partial charge in [0.1, 0.15) is 17.4 Å². The van der Waals surface area contributed by atoms with Crippen LogP contribution in [-0.2, 0) is 40.0 Å². The van der Waals surface area contributed by atoms with Gasteiger partial charge >= 0.3 is 24.0 Å². The van der Waals surface area contributed by atoms with Gasteiger partial charge in [0.05, 0.1) is 17.5 Å². The highest BCUT2D eigenvalue weighted by Crippen LogP contribution is 2.17. The number of carbonyl (C=O) groups excluding carboxylic acids is 7. The smallest absolute Gasteiger partial charge is 0.343 e. The summed E-state index contributed by atoms with van der Waals surface area (Å²) in [5.74, 6) is -3.25. The van der Waals surface area contributed by atoms with Gasteiger partial charge in [0.25, 0.3) is 11.8 Å².